The van der Waals surface area contributed by atoms with Gasteiger partial charge in [-0.05, 0) is 25.1 Å². The summed E-state index contributed by atoms with van der Waals surface area (Å²) in [6.45, 7) is 6.12. The van der Waals surface area contributed by atoms with E-state index >= 15 is 0 Å². The number of aliphatic hydroxyl groups excluding tert-OH is 1. The lowest BCUT2D eigenvalue weighted by molar-refractivity contribution is 0.0866. The van der Waals surface area contributed by atoms with Gasteiger partial charge >= 0.3 is 0 Å². The van der Waals surface area contributed by atoms with Gasteiger partial charge in [-0.15, -0.1) is 0 Å². The van der Waals surface area contributed by atoms with Crippen molar-refractivity contribution in [3.8, 4) is 0 Å². The molecule has 0 bridgehead atoms. The molecule has 0 spiro atoms. The van der Waals surface area contributed by atoms with E-state index < -0.39 is 0 Å². The minimum atomic E-state index is 0.0938. The minimum Gasteiger partial charge on any atom is -0.394 e. The highest BCUT2D eigenvalue weighted by molar-refractivity contribution is 5.06. The fraction of sp³-hybridized carbons (Fsp3) is 0.667. The van der Waals surface area contributed by atoms with Gasteiger partial charge in [-0.2, -0.15) is 0 Å². The lowest BCUT2D eigenvalue weighted by Gasteiger charge is -2.10. The predicted octanol–water partition coefficient (Wildman–Crippen LogP) is 0.997. The zero-order chi connectivity index (χ0) is 11.6. The first kappa shape index (κ1) is 13.2. The summed E-state index contributed by atoms with van der Waals surface area (Å²) in [5.74, 6) is 0. The molecule has 16 heavy (non-hydrogen) atoms. The molecule has 1 heterocycles. The zero-order valence-corrected chi connectivity index (χ0v) is 9.98. The normalized spacial score (nSPS) is 10.9. The minimum absolute atomic E-state index is 0.0938. The Morgan fingerprint density at radius 3 is 3.06 bits per heavy atom. The Labute approximate surface area is 97.2 Å². The number of nitrogens with one attached hydrogen (secondary N) is 1. The smallest absolute Gasteiger partial charge is 0.0698 e. The molecule has 0 aromatic carbocycles. The molecule has 4 nitrogen and oxygen atoms in total. The van der Waals surface area contributed by atoms with Crippen molar-refractivity contribution < 1.29 is 9.84 Å². The number of aliphatic hydroxyl groups is 1. The summed E-state index contributed by atoms with van der Waals surface area (Å²) in [4.78, 5) is 0. The van der Waals surface area contributed by atoms with Crippen molar-refractivity contribution in [2.24, 2.45) is 0 Å². The molecule has 0 atom stereocenters. The summed E-state index contributed by atoms with van der Waals surface area (Å²) in [5.41, 5.74) is 1.28. The molecule has 0 saturated carbocycles. The molecule has 2 N–H and O–H groups in total. The maximum Gasteiger partial charge on any atom is 0.0698 e. The van der Waals surface area contributed by atoms with Gasteiger partial charge < -0.3 is 19.7 Å². The number of hydrogen-bond donors (Lipinski definition) is 2. The van der Waals surface area contributed by atoms with E-state index in [2.05, 4.69) is 35.1 Å². The lowest BCUT2D eigenvalue weighted by atomic mass is 10.4. The van der Waals surface area contributed by atoms with Crippen LogP contribution in [-0.4, -0.2) is 36.0 Å². The van der Waals surface area contributed by atoms with Crippen LogP contribution in [0.4, 0.5) is 0 Å². The molecule has 0 radical (unpaired) electrons. The first-order chi connectivity index (χ1) is 7.88. The monoisotopic (exact) mass is 226 g/mol. The summed E-state index contributed by atoms with van der Waals surface area (Å²) >= 11 is 0. The highest BCUT2D eigenvalue weighted by atomic mass is 16.5. The van der Waals surface area contributed by atoms with E-state index in [-0.39, 0.29) is 6.61 Å². The van der Waals surface area contributed by atoms with E-state index in [1.807, 2.05) is 0 Å². The standard InChI is InChI=1S/C12H22N2O2/c1-2-5-13-11-12-4-3-6-14(12)7-9-16-10-8-15/h3-4,6,13,15H,2,5,7-11H2,1H3. The average molecular weight is 226 g/mol. The number of nitrogens with zero attached hydrogens (tertiary/aromatic N) is 1. The van der Waals surface area contributed by atoms with Crippen LogP contribution in [0.3, 0.4) is 0 Å². The number of ether oxygens (including phenoxy) is 1. The van der Waals surface area contributed by atoms with E-state index in [0.29, 0.717) is 13.2 Å². The third-order valence-corrected chi connectivity index (χ3v) is 2.37. The molecular weight excluding hydrogens is 204 g/mol. The van der Waals surface area contributed by atoms with Gasteiger partial charge in [-0.25, -0.2) is 0 Å². The number of rotatable bonds is 9. The van der Waals surface area contributed by atoms with Crippen LogP contribution < -0.4 is 5.32 Å². The SMILES string of the molecule is CCCNCc1cccn1CCOCCO. The Hall–Kier alpha value is -0.840. The molecule has 92 valence electrons. The van der Waals surface area contributed by atoms with Gasteiger partial charge in [0.1, 0.15) is 0 Å². The predicted molar refractivity (Wildman–Crippen MR) is 64.3 cm³/mol. The fourth-order valence-corrected chi connectivity index (χ4v) is 1.55. The Balaban J connectivity index is 2.26. The van der Waals surface area contributed by atoms with E-state index in [1.165, 1.54) is 5.69 Å². The summed E-state index contributed by atoms with van der Waals surface area (Å²) in [7, 11) is 0. The van der Waals surface area contributed by atoms with Crippen molar-refractivity contribution in [1.82, 2.24) is 9.88 Å². The van der Waals surface area contributed by atoms with Crippen molar-refractivity contribution in [2.45, 2.75) is 26.4 Å². The lowest BCUT2D eigenvalue weighted by Crippen LogP contribution is -2.18. The topological polar surface area (TPSA) is 46.4 Å². The fourth-order valence-electron chi connectivity index (χ4n) is 1.55. The Kier molecular flexibility index (Phi) is 6.88. The highest BCUT2D eigenvalue weighted by Gasteiger charge is 1.99. The van der Waals surface area contributed by atoms with Crippen molar-refractivity contribution in [1.29, 1.82) is 0 Å². The van der Waals surface area contributed by atoms with Crippen LogP contribution in [0, 0.1) is 0 Å². The zero-order valence-electron chi connectivity index (χ0n) is 9.98. The van der Waals surface area contributed by atoms with Crippen molar-refractivity contribution in [2.75, 3.05) is 26.4 Å². The van der Waals surface area contributed by atoms with Gasteiger partial charge in [0.25, 0.3) is 0 Å². The summed E-state index contributed by atoms with van der Waals surface area (Å²) in [6.07, 6.45) is 3.21. The van der Waals surface area contributed by atoms with E-state index in [0.717, 1.165) is 26.1 Å². The molecule has 0 saturated heterocycles. The molecule has 0 unspecified atom stereocenters. The molecular formula is C12H22N2O2. The molecule has 1 aromatic rings. The Bertz CT molecular complexity index is 274. The van der Waals surface area contributed by atoms with Crippen molar-refractivity contribution in [3.63, 3.8) is 0 Å². The van der Waals surface area contributed by atoms with Gasteiger partial charge in [-0.3, -0.25) is 0 Å². The van der Waals surface area contributed by atoms with Crippen LogP contribution >= 0.6 is 0 Å². The molecule has 0 amide bonds. The number of aromatic nitrogens is 1. The maximum atomic E-state index is 8.58. The van der Waals surface area contributed by atoms with Crippen LogP contribution in [0.1, 0.15) is 19.0 Å². The highest BCUT2D eigenvalue weighted by Crippen LogP contribution is 2.02. The van der Waals surface area contributed by atoms with E-state index in [9.17, 15) is 0 Å². The summed E-state index contributed by atoms with van der Waals surface area (Å²) < 4.78 is 7.43. The van der Waals surface area contributed by atoms with Crippen molar-refractivity contribution in [3.05, 3.63) is 24.0 Å². The first-order valence-corrected chi connectivity index (χ1v) is 5.91. The first-order valence-electron chi connectivity index (χ1n) is 5.91. The average Bonchev–Trinajstić information content (AvgIpc) is 2.73. The largest absolute Gasteiger partial charge is 0.394 e. The third kappa shape index (κ3) is 4.79. The van der Waals surface area contributed by atoms with Gasteiger partial charge in [0.15, 0.2) is 0 Å². The second-order valence-electron chi connectivity index (χ2n) is 3.71. The molecule has 0 aliphatic heterocycles. The van der Waals surface area contributed by atoms with Gasteiger partial charge in [-0.1, -0.05) is 6.92 Å². The molecule has 0 aliphatic rings. The summed E-state index contributed by atoms with van der Waals surface area (Å²) in [6, 6.07) is 4.17. The van der Waals surface area contributed by atoms with Crippen LogP contribution in [0.2, 0.25) is 0 Å². The van der Waals surface area contributed by atoms with Gasteiger partial charge in [0.2, 0.25) is 0 Å². The van der Waals surface area contributed by atoms with Crippen LogP contribution in [0.15, 0.2) is 18.3 Å². The second kappa shape index (κ2) is 8.33. The summed E-state index contributed by atoms with van der Waals surface area (Å²) in [5, 5.41) is 12.0. The molecule has 1 aromatic heterocycles. The van der Waals surface area contributed by atoms with Crippen LogP contribution in [0.5, 0.6) is 0 Å². The Morgan fingerprint density at radius 1 is 1.44 bits per heavy atom. The van der Waals surface area contributed by atoms with Crippen molar-refractivity contribution >= 4 is 0 Å². The van der Waals surface area contributed by atoms with E-state index in [4.69, 9.17) is 9.84 Å². The van der Waals surface area contributed by atoms with Crippen LogP contribution in [0.25, 0.3) is 0 Å². The Morgan fingerprint density at radius 2 is 2.31 bits per heavy atom. The maximum absolute atomic E-state index is 8.58. The number of hydrogen-bond acceptors (Lipinski definition) is 3. The van der Waals surface area contributed by atoms with Crippen LogP contribution in [-0.2, 0) is 17.8 Å². The molecule has 1 rings (SSSR count). The molecule has 0 fully saturated rings. The molecule has 0 aliphatic carbocycles. The van der Waals surface area contributed by atoms with Gasteiger partial charge in [0, 0.05) is 25.0 Å². The third-order valence-electron chi connectivity index (χ3n) is 2.37. The van der Waals surface area contributed by atoms with Gasteiger partial charge in [0.05, 0.1) is 19.8 Å². The van der Waals surface area contributed by atoms with E-state index in [1.54, 1.807) is 0 Å². The molecule has 4 heteroatoms. The quantitative estimate of drug-likeness (QED) is 0.617. The second-order valence-corrected chi connectivity index (χ2v) is 3.71.